The summed E-state index contributed by atoms with van der Waals surface area (Å²) in [5, 5.41) is 5.95. The van der Waals surface area contributed by atoms with Crippen molar-refractivity contribution in [3.05, 3.63) is 43.7 Å². The van der Waals surface area contributed by atoms with Gasteiger partial charge >= 0.3 is 0 Å². The van der Waals surface area contributed by atoms with Crippen LogP contribution < -0.4 is 5.32 Å². The van der Waals surface area contributed by atoms with Gasteiger partial charge < -0.3 is 5.32 Å². The number of halogens is 1. The minimum absolute atomic E-state index is 0.296. The standard InChI is InChI=1S/C16H20ClNS2/c1-16(8-2-3-9-16)11-18-15(12-5-4-10-19-12)13-6-7-14(17)20-13/h4-7,10,15,18H,2-3,8-9,11H2,1H3. The lowest BCUT2D eigenvalue weighted by molar-refractivity contribution is 0.307. The lowest BCUT2D eigenvalue weighted by Gasteiger charge is -2.27. The zero-order valence-corrected chi connectivity index (χ0v) is 14.1. The summed E-state index contributed by atoms with van der Waals surface area (Å²) >= 11 is 9.62. The Balaban J connectivity index is 1.76. The van der Waals surface area contributed by atoms with Gasteiger partial charge in [0.1, 0.15) is 0 Å². The van der Waals surface area contributed by atoms with Gasteiger partial charge in [0.05, 0.1) is 10.4 Å². The lowest BCUT2D eigenvalue weighted by atomic mass is 9.88. The highest BCUT2D eigenvalue weighted by atomic mass is 35.5. The normalized spacial score (nSPS) is 19.3. The molecule has 20 heavy (non-hydrogen) atoms. The van der Waals surface area contributed by atoms with Crippen molar-refractivity contribution in [2.45, 2.75) is 38.6 Å². The predicted octanol–water partition coefficient (Wildman–Crippen LogP) is 5.72. The third-order valence-electron chi connectivity index (χ3n) is 4.25. The molecule has 1 atom stereocenters. The summed E-state index contributed by atoms with van der Waals surface area (Å²) in [5.41, 5.74) is 0.469. The van der Waals surface area contributed by atoms with E-state index in [0.29, 0.717) is 11.5 Å². The van der Waals surface area contributed by atoms with E-state index in [1.54, 1.807) is 11.3 Å². The van der Waals surface area contributed by atoms with Crippen LogP contribution in [0, 0.1) is 5.41 Å². The fourth-order valence-electron chi connectivity index (χ4n) is 3.03. The van der Waals surface area contributed by atoms with Gasteiger partial charge in [-0.15, -0.1) is 22.7 Å². The van der Waals surface area contributed by atoms with Crippen LogP contribution >= 0.6 is 34.3 Å². The quantitative estimate of drug-likeness (QED) is 0.741. The molecule has 1 saturated carbocycles. The van der Waals surface area contributed by atoms with Crippen molar-refractivity contribution in [1.82, 2.24) is 5.32 Å². The van der Waals surface area contributed by atoms with Crippen LogP contribution in [0.5, 0.6) is 0 Å². The Bertz CT molecular complexity index is 541. The largest absolute Gasteiger partial charge is 0.304 e. The van der Waals surface area contributed by atoms with Crippen LogP contribution in [-0.2, 0) is 0 Å². The van der Waals surface area contributed by atoms with Gasteiger partial charge in [-0.25, -0.2) is 0 Å². The molecule has 0 aliphatic heterocycles. The molecule has 0 saturated heterocycles. The molecule has 0 spiro atoms. The number of nitrogens with one attached hydrogen (secondary N) is 1. The fraction of sp³-hybridized carbons (Fsp3) is 0.500. The first-order chi connectivity index (χ1) is 9.66. The van der Waals surface area contributed by atoms with E-state index in [0.717, 1.165) is 10.9 Å². The number of hydrogen-bond acceptors (Lipinski definition) is 3. The molecule has 1 nitrogen and oxygen atoms in total. The molecule has 0 bridgehead atoms. The lowest BCUT2D eigenvalue weighted by Crippen LogP contribution is -2.32. The maximum absolute atomic E-state index is 6.11. The van der Waals surface area contributed by atoms with Gasteiger partial charge in [-0.1, -0.05) is 37.4 Å². The number of hydrogen-bond donors (Lipinski definition) is 1. The summed E-state index contributed by atoms with van der Waals surface area (Å²) in [6, 6.07) is 8.79. The van der Waals surface area contributed by atoms with Gasteiger partial charge in [0.15, 0.2) is 0 Å². The van der Waals surface area contributed by atoms with Crippen LogP contribution in [0.1, 0.15) is 48.4 Å². The third-order valence-corrected chi connectivity index (χ3v) is 6.48. The summed E-state index contributed by atoms with van der Waals surface area (Å²) in [4.78, 5) is 2.70. The molecule has 1 fully saturated rings. The second kappa shape index (κ2) is 6.18. The van der Waals surface area contributed by atoms with Crippen molar-refractivity contribution in [3.63, 3.8) is 0 Å². The Morgan fingerprint density at radius 1 is 1.25 bits per heavy atom. The topological polar surface area (TPSA) is 12.0 Å². The van der Waals surface area contributed by atoms with Gasteiger partial charge in [0.2, 0.25) is 0 Å². The van der Waals surface area contributed by atoms with Crippen molar-refractivity contribution in [1.29, 1.82) is 0 Å². The molecule has 1 aliphatic carbocycles. The first-order valence-electron chi connectivity index (χ1n) is 7.18. The molecule has 1 aliphatic rings. The van der Waals surface area contributed by atoms with E-state index in [-0.39, 0.29) is 0 Å². The fourth-order valence-corrected chi connectivity index (χ4v) is 5.08. The molecular weight excluding hydrogens is 306 g/mol. The molecule has 0 aromatic carbocycles. The van der Waals surface area contributed by atoms with E-state index < -0.39 is 0 Å². The molecule has 2 aromatic heterocycles. The van der Waals surface area contributed by atoms with Crippen molar-refractivity contribution in [2.24, 2.45) is 5.41 Å². The Morgan fingerprint density at radius 3 is 2.65 bits per heavy atom. The maximum atomic E-state index is 6.11. The summed E-state index contributed by atoms with van der Waals surface area (Å²) in [7, 11) is 0. The number of thiophene rings is 2. The second-order valence-electron chi connectivity index (χ2n) is 5.99. The monoisotopic (exact) mass is 325 g/mol. The van der Waals surface area contributed by atoms with Gasteiger partial charge in [-0.2, -0.15) is 0 Å². The number of rotatable bonds is 5. The van der Waals surface area contributed by atoms with Gasteiger partial charge in [-0.3, -0.25) is 0 Å². The third kappa shape index (κ3) is 3.28. The molecule has 108 valence electrons. The summed E-state index contributed by atoms with van der Waals surface area (Å²) in [5.74, 6) is 0. The zero-order chi connectivity index (χ0) is 14.0. The van der Waals surface area contributed by atoms with Crippen molar-refractivity contribution < 1.29 is 0 Å². The van der Waals surface area contributed by atoms with E-state index in [1.807, 2.05) is 17.4 Å². The molecule has 2 heterocycles. The molecule has 0 amide bonds. The Morgan fingerprint density at radius 2 is 2.05 bits per heavy atom. The van der Waals surface area contributed by atoms with Crippen molar-refractivity contribution >= 4 is 34.3 Å². The van der Waals surface area contributed by atoms with Crippen LogP contribution in [0.4, 0.5) is 0 Å². The minimum Gasteiger partial charge on any atom is -0.304 e. The van der Waals surface area contributed by atoms with E-state index in [1.165, 1.54) is 35.4 Å². The van der Waals surface area contributed by atoms with Crippen LogP contribution in [0.25, 0.3) is 0 Å². The summed E-state index contributed by atoms with van der Waals surface area (Å²) in [6.07, 6.45) is 5.46. The highest BCUT2D eigenvalue weighted by Gasteiger charge is 2.30. The van der Waals surface area contributed by atoms with Gasteiger partial charge in [0, 0.05) is 16.3 Å². The minimum atomic E-state index is 0.296. The highest BCUT2D eigenvalue weighted by molar-refractivity contribution is 7.16. The predicted molar refractivity (Wildman–Crippen MR) is 90.1 cm³/mol. The maximum Gasteiger partial charge on any atom is 0.0931 e. The zero-order valence-electron chi connectivity index (χ0n) is 11.7. The molecule has 3 rings (SSSR count). The average Bonchev–Trinajstić information content (AvgIpc) is 3.13. The molecule has 0 radical (unpaired) electrons. The van der Waals surface area contributed by atoms with Crippen LogP contribution in [0.15, 0.2) is 29.6 Å². The average molecular weight is 326 g/mol. The van der Waals surface area contributed by atoms with Crippen molar-refractivity contribution in [2.75, 3.05) is 6.54 Å². The van der Waals surface area contributed by atoms with E-state index in [2.05, 4.69) is 35.8 Å². The van der Waals surface area contributed by atoms with E-state index in [4.69, 9.17) is 11.6 Å². The van der Waals surface area contributed by atoms with Crippen LogP contribution in [-0.4, -0.2) is 6.54 Å². The Kier molecular flexibility index (Phi) is 4.51. The van der Waals surface area contributed by atoms with Gasteiger partial charge in [-0.05, 0) is 41.8 Å². The first kappa shape index (κ1) is 14.6. The van der Waals surface area contributed by atoms with E-state index in [9.17, 15) is 0 Å². The van der Waals surface area contributed by atoms with Crippen LogP contribution in [0.2, 0.25) is 4.34 Å². The molecule has 1 unspecified atom stereocenters. The molecule has 2 aromatic rings. The van der Waals surface area contributed by atoms with E-state index >= 15 is 0 Å². The smallest absolute Gasteiger partial charge is 0.0931 e. The summed E-state index contributed by atoms with van der Waals surface area (Å²) < 4.78 is 0.871. The molecule has 4 heteroatoms. The second-order valence-corrected chi connectivity index (χ2v) is 8.71. The first-order valence-corrected chi connectivity index (χ1v) is 9.26. The Hall–Kier alpha value is -0.350. The van der Waals surface area contributed by atoms with Crippen molar-refractivity contribution in [3.8, 4) is 0 Å². The summed E-state index contributed by atoms with van der Waals surface area (Å²) in [6.45, 7) is 3.50. The van der Waals surface area contributed by atoms with Gasteiger partial charge in [0.25, 0.3) is 0 Å². The molecule has 1 N–H and O–H groups in total. The van der Waals surface area contributed by atoms with Crippen LogP contribution in [0.3, 0.4) is 0 Å². The Labute approximate surface area is 134 Å². The molecular formula is C16H20ClNS2. The highest BCUT2D eigenvalue weighted by Crippen LogP contribution is 2.39. The SMILES string of the molecule is CC1(CNC(c2cccs2)c2ccc(Cl)s2)CCCC1.